The molecule has 4 nitrogen and oxygen atoms in total. The van der Waals surface area contributed by atoms with Crippen molar-refractivity contribution in [1.29, 1.82) is 0 Å². The molecule has 0 unspecified atom stereocenters. The average molecular weight is 269 g/mol. The van der Waals surface area contributed by atoms with E-state index in [1.807, 2.05) is 0 Å². The predicted octanol–water partition coefficient (Wildman–Crippen LogP) is 2.03. The molecule has 1 heterocycles. The second kappa shape index (κ2) is 5.69. The topological polar surface area (TPSA) is 64.4 Å². The van der Waals surface area contributed by atoms with Crippen LogP contribution in [0.1, 0.15) is 12.8 Å². The lowest BCUT2D eigenvalue weighted by Crippen LogP contribution is -2.46. The molecule has 0 bridgehead atoms. The Morgan fingerprint density at radius 2 is 1.94 bits per heavy atom. The molecule has 0 spiro atoms. The molecule has 5 heteroatoms. The molecule has 0 atom stereocenters. The summed E-state index contributed by atoms with van der Waals surface area (Å²) in [5.41, 5.74) is 6.02. The van der Waals surface area contributed by atoms with Gasteiger partial charge in [-0.15, -0.1) is 0 Å². The molecule has 3 N–H and O–H groups in total. The van der Waals surface area contributed by atoms with Crippen molar-refractivity contribution in [2.24, 2.45) is 11.1 Å². The summed E-state index contributed by atoms with van der Waals surface area (Å²) in [6.07, 6.45) is 1.34. The number of nitrogens with two attached hydrogens (primary N) is 1. The third-order valence-corrected chi connectivity index (χ3v) is 3.68. The van der Waals surface area contributed by atoms with E-state index in [0.717, 1.165) is 5.69 Å². The van der Waals surface area contributed by atoms with E-state index >= 15 is 0 Å². The Kier molecular flexibility index (Phi) is 4.22. The monoisotopic (exact) mass is 268 g/mol. The first-order valence-electron chi connectivity index (χ1n) is 6.01. The Morgan fingerprint density at radius 3 is 2.50 bits per heavy atom. The van der Waals surface area contributed by atoms with Crippen LogP contribution in [0.3, 0.4) is 0 Å². The molecule has 18 heavy (non-hydrogen) atoms. The van der Waals surface area contributed by atoms with E-state index in [0.29, 0.717) is 37.6 Å². The molecular weight excluding hydrogens is 252 g/mol. The number of carbonyl (C=O) groups excluding carboxylic acids is 1. The van der Waals surface area contributed by atoms with E-state index in [4.69, 9.17) is 22.1 Å². The zero-order valence-electron chi connectivity index (χ0n) is 10.1. The molecule has 1 saturated heterocycles. The highest BCUT2D eigenvalue weighted by atomic mass is 35.5. The van der Waals surface area contributed by atoms with Crippen LogP contribution in [0.4, 0.5) is 5.69 Å². The van der Waals surface area contributed by atoms with E-state index in [9.17, 15) is 4.79 Å². The van der Waals surface area contributed by atoms with Crippen LogP contribution in [0.15, 0.2) is 24.3 Å². The summed E-state index contributed by atoms with van der Waals surface area (Å²) in [5.74, 6) is -0.0318. The molecule has 1 aliphatic heterocycles. The first-order valence-corrected chi connectivity index (χ1v) is 6.39. The van der Waals surface area contributed by atoms with Gasteiger partial charge in [-0.2, -0.15) is 0 Å². The molecule has 0 radical (unpaired) electrons. The highest BCUT2D eigenvalue weighted by Gasteiger charge is 2.38. The molecule has 98 valence electrons. The lowest BCUT2D eigenvalue weighted by molar-refractivity contribution is -0.130. The van der Waals surface area contributed by atoms with Gasteiger partial charge in [0, 0.05) is 30.5 Å². The standard InChI is InChI=1S/C13H17ClN2O2/c14-10-1-3-11(4-2-10)16-12(17)13(9-15)5-7-18-8-6-13/h1-4H,5-9,15H2,(H,16,17). The second-order valence-electron chi connectivity index (χ2n) is 4.56. The van der Waals surface area contributed by atoms with Crippen LogP contribution in [0.2, 0.25) is 5.02 Å². The minimum Gasteiger partial charge on any atom is -0.381 e. The van der Waals surface area contributed by atoms with Crippen LogP contribution in [0.25, 0.3) is 0 Å². The van der Waals surface area contributed by atoms with Crippen LogP contribution < -0.4 is 11.1 Å². The zero-order chi connectivity index (χ0) is 13.0. The maximum atomic E-state index is 12.3. The van der Waals surface area contributed by atoms with E-state index in [1.54, 1.807) is 24.3 Å². The maximum Gasteiger partial charge on any atom is 0.232 e. The summed E-state index contributed by atoms with van der Waals surface area (Å²) < 4.78 is 5.29. The number of nitrogens with one attached hydrogen (secondary N) is 1. The summed E-state index contributed by atoms with van der Waals surface area (Å²) >= 11 is 5.80. The van der Waals surface area contributed by atoms with Gasteiger partial charge in [-0.3, -0.25) is 4.79 Å². The van der Waals surface area contributed by atoms with Crippen LogP contribution in [-0.2, 0) is 9.53 Å². The SMILES string of the molecule is NCC1(C(=O)Nc2ccc(Cl)cc2)CCOCC1. The fourth-order valence-electron chi connectivity index (χ4n) is 2.08. The Balaban J connectivity index is 2.07. The molecule has 1 aliphatic rings. The van der Waals surface area contributed by atoms with Crippen LogP contribution in [-0.4, -0.2) is 25.7 Å². The zero-order valence-corrected chi connectivity index (χ0v) is 10.9. The molecule has 1 aromatic rings. The van der Waals surface area contributed by atoms with Gasteiger partial charge >= 0.3 is 0 Å². The van der Waals surface area contributed by atoms with Crippen molar-refractivity contribution in [2.45, 2.75) is 12.8 Å². The molecule has 2 rings (SSSR count). The van der Waals surface area contributed by atoms with Crippen molar-refractivity contribution >= 4 is 23.2 Å². The van der Waals surface area contributed by atoms with Crippen molar-refractivity contribution in [3.8, 4) is 0 Å². The van der Waals surface area contributed by atoms with Crippen molar-refractivity contribution in [1.82, 2.24) is 0 Å². The number of halogens is 1. The second-order valence-corrected chi connectivity index (χ2v) is 4.99. The quantitative estimate of drug-likeness (QED) is 0.882. The molecule has 0 aliphatic carbocycles. The number of carbonyl (C=O) groups is 1. The largest absolute Gasteiger partial charge is 0.381 e. The Bertz CT molecular complexity index is 414. The van der Waals surface area contributed by atoms with Crippen molar-refractivity contribution in [2.75, 3.05) is 25.1 Å². The number of hydrogen-bond donors (Lipinski definition) is 2. The maximum absolute atomic E-state index is 12.3. The van der Waals surface area contributed by atoms with E-state index < -0.39 is 5.41 Å². The Morgan fingerprint density at radius 1 is 1.33 bits per heavy atom. The van der Waals surface area contributed by atoms with Gasteiger partial charge in [-0.05, 0) is 37.1 Å². The summed E-state index contributed by atoms with van der Waals surface area (Å²) in [6.45, 7) is 1.52. The third kappa shape index (κ3) is 2.83. The van der Waals surface area contributed by atoms with E-state index in [2.05, 4.69) is 5.32 Å². The first kappa shape index (κ1) is 13.3. The molecule has 1 aromatic carbocycles. The highest BCUT2D eigenvalue weighted by molar-refractivity contribution is 6.30. The van der Waals surface area contributed by atoms with Gasteiger partial charge in [0.25, 0.3) is 0 Å². The summed E-state index contributed by atoms with van der Waals surface area (Å²) in [4.78, 5) is 12.3. The predicted molar refractivity (Wildman–Crippen MR) is 71.6 cm³/mol. The number of rotatable bonds is 3. The number of hydrogen-bond acceptors (Lipinski definition) is 3. The molecule has 0 saturated carbocycles. The number of amides is 1. The summed E-state index contributed by atoms with van der Waals surface area (Å²) in [7, 11) is 0. The highest BCUT2D eigenvalue weighted by Crippen LogP contribution is 2.31. The van der Waals surface area contributed by atoms with Gasteiger partial charge < -0.3 is 15.8 Å². The molecule has 1 fully saturated rings. The molecular formula is C13H17ClN2O2. The molecule has 0 aromatic heterocycles. The fraction of sp³-hybridized carbons (Fsp3) is 0.462. The fourth-order valence-corrected chi connectivity index (χ4v) is 2.21. The van der Waals surface area contributed by atoms with Crippen molar-refractivity contribution < 1.29 is 9.53 Å². The third-order valence-electron chi connectivity index (χ3n) is 3.42. The van der Waals surface area contributed by atoms with E-state index in [-0.39, 0.29) is 5.91 Å². The summed E-state index contributed by atoms with van der Waals surface area (Å²) in [5, 5.41) is 3.54. The number of anilines is 1. The van der Waals surface area contributed by atoms with Gasteiger partial charge in [0.2, 0.25) is 5.91 Å². The van der Waals surface area contributed by atoms with Gasteiger partial charge in [-0.1, -0.05) is 11.6 Å². The van der Waals surface area contributed by atoms with Gasteiger partial charge in [0.15, 0.2) is 0 Å². The van der Waals surface area contributed by atoms with E-state index in [1.165, 1.54) is 0 Å². The van der Waals surface area contributed by atoms with Crippen LogP contribution in [0.5, 0.6) is 0 Å². The average Bonchev–Trinajstić information content (AvgIpc) is 2.42. The normalized spacial score (nSPS) is 18.3. The van der Waals surface area contributed by atoms with Gasteiger partial charge in [-0.25, -0.2) is 0 Å². The number of benzene rings is 1. The van der Waals surface area contributed by atoms with Crippen molar-refractivity contribution in [3.63, 3.8) is 0 Å². The van der Waals surface area contributed by atoms with Crippen molar-refractivity contribution in [3.05, 3.63) is 29.3 Å². The Labute approximate surface area is 111 Å². The number of ether oxygens (including phenoxy) is 1. The smallest absolute Gasteiger partial charge is 0.232 e. The van der Waals surface area contributed by atoms with Gasteiger partial charge in [0.05, 0.1) is 5.41 Å². The molecule has 1 amide bonds. The lowest BCUT2D eigenvalue weighted by atomic mass is 9.79. The van der Waals surface area contributed by atoms with Crippen LogP contribution >= 0.6 is 11.6 Å². The van der Waals surface area contributed by atoms with Gasteiger partial charge in [0.1, 0.15) is 0 Å². The minimum absolute atomic E-state index is 0.0318. The van der Waals surface area contributed by atoms with Crippen LogP contribution in [0, 0.1) is 5.41 Å². The first-order chi connectivity index (χ1) is 8.66. The lowest BCUT2D eigenvalue weighted by Gasteiger charge is -2.34. The minimum atomic E-state index is -0.502. The summed E-state index contributed by atoms with van der Waals surface area (Å²) in [6, 6.07) is 7.06. The Hall–Kier alpha value is -1.10.